The third-order valence-corrected chi connectivity index (χ3v) is 11.1. The Morgan fingerprint density at radius 2 is 1.62 bits per heavy atom. The largest absolute Gasteiger partial charge is 1.00 e. The average Bonchev–Trinajstić information content (AvgIpc) is 3.63. The van der Waals surface area contributed by atoms with E-state index in [0.29, 0.717) is 11.3 Å². The van der Waals surface area contributed by atoms with Gasteiger partial charge < -0.3 is 28.9 Å². The summed E-state index contributed by atoms with van der Waals surface area (Å²) in [6.45, 7) is 0.587. The van der Waals surface area contributed by atoms with Crippen LogP contribution in [0.3, 0.4) is 0 Å². The van der Waals surface area contributed by atoms with Gasteiger partial charge in [-0.05, 0) is 34.5 Å². The fourth-order valence-corrected chi connectivity index (χ4v) is 8.40. The van der Waals surface area contributed by atoms with E-state index in [9.17, 15) is 42.9 Å². The molecule has 0 bridgehead atoms. The smallest absolute Gasteiger partial charge is 0.790 e. The normalized spacial score (nSPS) is 19.9. The number of aryl methyl sites for hydroxylation is 1. The molecule has 2 aromatic heterocycles. The number of H-pyrrole nitrogens is 1. The standard InChI is InChI=1S/C26H26N5O13P3.3Na/c1-15-13-30(26(33)28-25(15)32)24-11-21(23(42-24)14-41-46(37,38)44-47(39,40)43-45(34,35)36)31-22(12-27-29-31)20-10-16-6-2-3-7-17(16)18-8-4-5-9-19(18)20;;;/h2-10,12-13,21,23-24H,11,14H2,1H3,(H,37,38)(H,39,40)(H,28,32,33)(H2,34,35,36);;;/q;3*+1/p-3/t21-,23+,24+;;;/m0.../s1. The van der Waals surface area contributed by atoms with Crippen LogP contribution < -0.4 is 115 Å². The SMILES string of the molecule is Cc1cn([C@H]2C[C@H](n3nncc3-c3cc4ccccc4c4ccccc34)[C@@H](COP(=O)(O)OP(=O)([O-])OP(=O)([O-])[O-])O2)c(=O)[nH]c1=O.[Na+].[Na+].[Na+]. The van der Waals surface area contributed by atoms with E-state index >= 15 is 0 Å². The second kappa shape index (κ2) is 17.2. The minimum Gasteiger partial charge on any atom is -0.790 e. The van der Waals surface area contributed by atoms with Crippen molar-refractivity contribution in [2.75, 3.05) is 6.61 Å². The van der Waals surface area contributed by atoms with Crippen LogP contribution in [0.5, 0.6) is 0 Å². The van der Waals surface area contributed by atoms with Crippen molar-refractivity contribution in [2.45, 2.75) is 31.7 Å². The van der Waals surface area contributed by atoms with E-state index < -0.39 is 59.7 Å². The number of nitrogens with zero attached hydrogens (tertiary/aromatic N) is 4. The van der Waals surface area contributed by atoms with Crippen molar-refractivity contribution < 1.29 is 140 Å². The second-order valence-corrected chi connectivity index (χ2v) is 14.8. The van der Waals surface area contributed by atoms with Crippen molar-refractivity contribution in [1.29, 1.82) is 0 Å². The Bertz CT molecular complexity index is 2280. The Balaban J connectivity index is 0.00000225. The van der Waals surface area contributed by atoms with E-state index in [2.05, 4.69) is 23.9 Å². The van der Waals surface area contributed by atoms with Gasteiger partial charge in [0, 0.05) is 23.7 Å². The molecule has 1 aliphatic rings. The number of aromatic amines is 1. The first-order valence-corrected chi connectivity index (χ1v) is 18.0. The first kappa shape index (κ1) is 43.8. The van der Waals surface area contributed by atoms with Gasteiger partial charge in [0.05, 0.1) is 32.4 Å². The summed E-state index contributed by atoms with van der Waals surface area (Å²) in [5.74, 6) is 0. The number of ether oxygens (including phenoxy) is 1. The number of phosphoric acid groups is 3. The van der Waals surface area contributed by atoms with Crippen molar-refractivity contribution >= 4 is 45.0 Å². The van der Waals surface area contributed by atoms with Crippen molar-refractivity contribution in [3.8, 4) is 11.3 Å². The topological polar surface area (TPSA) is 263 Å². The van der Waals surface area contributed by atoms with Gasteiger partial charge in [-0.3, -0.25) is 27.7 Å². The average molecular weight is 775 g/mol. The quantitative estimate of drug-likeness (QED) is 0.0759. The molecule has 1 saturated heterocycles. The Morgan fingerprint density at radius 1 is 0.980 bits per heavy atom. The number of fused-ring (bicyclic) bond motifs is 3. The molecule has 0 spiro atoms. The molecule has 50 heavy (non-hydrogen) atoms. The molecule has 0 amide bonds. The van der Waals surface area contributed by atoms with E-state index in [1.807, 2.05) is 54.6 Å². The molecule has 3 heterocycles. The van der Waals surface area contributed by atoms with Crippen molar-refractivity contribution in [1.82, 2.24) is 24.5 Å². The maximum atomic E-state index is 12.7. The predicted octanol–water partition coefficient (Wildman–Crippen LogP) is -7.60. The van der Waals surface area contributed by atoms with E-state index in [0.717, 1.165) is 26.1 Å². The summed E-state index contributed by atoms with van der Waals surface area (Å²) in [5.41, 5.74) is -0.0539. The summed E-state index contributed by atoms with van der Waals surface area (Å²) in [7, 11) is -18.0. The maximum absolute atomic E-state index is 12.7. The third kappa shape index (κ3) is 9.91. The van der Waals surface area contributed by atoms with Gasteiger partial charge in [-0.1, -0.05) is 53.7 Å². The summed E-state index contributed by atoms with van der Waals surface area (Å²) in [5, 5.41) is 12.0. The summed E-state index contributed by atoms with van der Waals surface area (Å²) in [4.78, 5) is 70.1. The number of hydrogen-bond donors (Lipinski definition) is 2. The monoisotopic (exact) mass is 775 g/mol. The van der Waals surface area contributed by atoms with E-state index in [-0.39, 0.29) is 101 Å². The minimum absolute atomic E-state index is 0. The van der Waals surface area contributed by atoms with Gasteiger partial charge in [-0.15, -0.1) is 5.10 Å². The van der Waals surface area contributed by atoms with Gasteiger partial charge in [0.15, 0.2) is 0 Å². The summed E-state index contributed by atoms with van der Waals surface area (Å²) >= 11 is 0. The summed E-state index contributed by atoms with van der Waals surface area (Å²) in [6.07, 6.45) is 0.374. The molecule has 24 heteroatoms. The molecule has 0 radical (unpaired) electrons. The predicted molar refractivity (Wildman–Crippen MR) is 157 cm³/mol. The van der Waals surface area contributed by atoms with Gasteiger partial charge in [-0.2, -0.15) is 0 Å². The van der Waals surface area contributed by atoms with Crippen LogP contribution in [0.2, 0.25) is 0 Å². The molecule has 5 aromatic rings. The van der Waals surface area contributed by atoms with Crippen LogP contribution in [0.1, 0.15) is 24.3 Å². The zero-order valence-electron chi connectivity index (χ0n) is 27.0. The Kier molecular flexibility index (Phi) is 15.1. The minimum atomic E-state index is -6.17. The van der Waals surface area contributed by atoms with Crippen molar-refractivity contribution in [2.24, 2.45) is 0 Å². The zero-order chi connectivity index (χ0) is 33.7. The van der Waals surface area contributed by atoms with Gasteiger partial charge in [-0.25, -0.2) is 18.4 Å². The Morgan fingerprint density at radius 3 is 2.30 bits per heavy atom. The van der Waals surface area contributed by atoms with Crippen LogP contribution in [-0.4, -0.2) is 42.1 Å². The molecule has 5 atom stereocenters. The van der Waals surface area contributed by atoms with Crippen LogP contribution in [0.15, 0.2) is 76.6 Å². The number of hydrogen-bond acceptors (Lipinski definition) is 14. The number of rotatable bonds is 10. The summed E-state index contributed by atoms with van der Waals surface area (Å²) < 4.78 is 55.4. The molecule has 3 aromatic carbocycles. The molecule has 0 aliphatic carbocycles. The molecule has 1 fully saturated rings. The van der Waals surface area contributed by atoms with Gasteiger partial charge in [0.1, 0.15) is 12.3 Å². The molecule has 1 aliphatic heterocycles. The maximum Gasteiger partial charge on any atom is 1.00 e. The van der Waals surface area contributed by atoms with Crippen LogP contribution in [0.25, 0.3) is 32.8 Å². The number of nitrogens with one attached hydrogen (secondary N) is 1. The molecule has 2 N–H and O–H groups in total. The fourth-order valence-electron chi connectivity index (χ4n) is 5.50. The van der Waals surface area contributed by atoms with Crippen LogP contribution in [-0.2, 0) is 31.6 Å². The zero-order valence-corrected chi connectivity index (χ0v) is 35.7. The van der Waals surface area contributed by atoms with Crippen LogP contribution in [0, 0.1) is 6.92 Å². The third-order valence-electron chi connectivity index (χ3n) is 7.40. The second-order valence-electron chi connectivity index (χ2n) is 10.5. The van der Waals surface area contributed by atoms with E-state index in [1.54, 1.807) is 0 Å². The van der Waals surface area contributed by atoms with Crippen molar-refractivity contribution in [3.63, 3.8) is 0 Å². The number of phosphoric ester groups is 1. The molecule has 248 valence electrons. The molecule has 0 saturated carbocycles. The van der Waals surface area contributed by atoms with Crippen LogP contribution in [0.4, 0.5) is 0 Å². The van der Waals surface area contributed by atoms with E-state index in [4.69, 9.17) is 9.26 Å². The van der Waals surface area contributed by atoms with E-state index in [1.165, 1.54) is 24.0 Å². The van der Waals surface area contributed by atoms with Crippen LogP contribution >= 0.6 is 23.5 Å². The summed E-state index contributed by atoms with van der Waals surface area (Å²) in [6, 6.07) is 16.4. The number of aromatic nitrogens is 5. The molecule has 18 nitrogen and oxygen atoms in total. The Hall–Kier alpha value is -0.630. The van der Waals surface area contributed by atoms with Gasteiger partial charge in [0.25, 0.3) is 13.4 Å². The number of benzene rings is 3. The molecule has 2 unspecified atom stereocenters. The molecular formula is C26H23N5Na3O13P3. The Labute approximate surface area is 348 Å². The van der Waals surface area contributed by atoms with Crippen molar-refractivity contribution in [3.05, 3.63) is 93.4 Å². The van der Waals surface area contributed by atoms with Gasteiger partial charge in [0.2, 0.25) is 0 Å². The molecular weight excluding hydrogens is 752 g/mol. The molecule has 6 rings (SSSR count). The van der Waals surface area contributed by atoms with Gasteiger partial charge >= 0.3 is 102 Å². The first-order valence-electron chi connectivity index (χ1n) is 13.6. The first-order chi connectivity index (χ1) is 22.1. The fraction of sp³-hybridized carbons (Fsp3) is 0.231.